The number of carboxylic acids is 1. The van der Waals surface area contributed by atoms with Gasteiger partial charge in [0.1, 0.15) is 12.3 Å². The average Bonchev–Trinajstić information content (AvgIpc) is 2.71. The molecule has 27 heavy (non-hydrogen) atoms. The molecule has 1 aliphatic rings. The van der Waals surface area contributed by atoms with E-state index in [1.807, 2.05) is 54.6 Å². The van der Waals surface area contributed by atoms with Crippen LogP contribution >= 0.6 is 0 Å². The van der Waals surface area contributed by atoms with E-state index in [4.69, 9.17) is 9.47 Å². The van der Waals surface area contributed by atoms with Crippen LogP contribution < -0.4 is 4.74 Å². The van der Waals surface area contributed by atoms with E-state index in [0.717, 1.165) is 11.1 Å². The number of benzene rings is 2. The standard InChI is InChI=1S/C21H23NO5/c23-20(22(14-21(24)25)17-10-12-26-13-11-17)15-27-19-9-5-4-8-18(19)16-6-2-1-3-7-16/h1-9,17H,10-15H2,(H,24,25). The molecule has 6 heteroatoms. The van der Waals surface area contributed by atoms with Crippen molar-refractivity contribution in [3.63, 3.8) is 0 Å². The Bertz CT molecular complexity index is 771. The number of carbonyl (C=O) groups excluding carboxylic acids is 1. The van der Waals surface area contributed by atoms with Gasteiger partial charge in [-0.1, -0.05) is 48.5 Å². The van der Waals surface area contributed by atoms with Gasteiger partial charge < -0.3 is 19.5 Å². The SMILES string of the molecule is O=C(O)CN(C(=O)COc1ccccc1-c1ccccc1)C1CCOCC1. The molecule has 0 spiro atoms. The van der Waals surface area contributed by atoms with Crippen LogP contribution in [0.2, 0.25) is 0 Å². The molecular formula is C21H23NO5. The molecule has 0 aliphatic carbocycles. The van der Waals surface area contributed by atoms with Gasteiger partial charge in [-0.2, -0.15) is 0 Å². The number of aliphatic carboxylic acids is 1. The Hall–Kier alpha value is -2.86. The fourth-order valence-corrected chi connectivity index (χ4v) is 3.23. The van der Waals surface area contributed by atoms with Crippen molar-refractivity contribution >= 4 is 11.9 Å². The van der Waals surface area contributed by atoms with Gasteiger partial charge in [0.05, 0.1) is 0 Å². The van der Waals surface area contributed by atoms with Crippen LogP contribution in [0, 0.1) is 0 Å². The lowest BCUT2D eigenvalue weighted by Crippen LogP contribution is -2.47. The molecule has 0 bridgehead atoms. The summed E-state index contributed by atoms with van der Waals surface area (Å²) in [5, 5.41) is 9.18. The summed E-state index contributed by atoms with van der Waals surface area (Å²) >= 11 is 0. The molecule has 0 radical (unpaired) electrons. The number of amides is 1. The average molecular weight is 369 g/mol. The maximum Gasteiger partial charge on any atom is 0.323 e. The van der Waals surface area contributed by atoms with Crippen LogP contribution in [0.15, 0.2) is 54.6 Å². The molecule has 1 fully saturated rings. The van der Waals surface area contributed by atoms with Crippen LogP contribution in [-0.4, -0.2) is 54.3 Å². The van der Waals surface area contributed by atoms with Gasteiger partial charge in [-0.15, -0.1) is 0 Å². The van der Waals surface area contributed by atoms with Gasteiger partial charge in [0.15, 0.2) is 6.61 Å². The fourth-order valence-electron chi connectivity index (χ4n) is 3.23. The van der Waals surface area contributed by atoms with E-state index in [-0.39, 0.29) is 25.1 Å². The van der Waals surface area contributed by atoms with Crippen LogP contribution in [0.5, 0.6) is 5.75 Å². The highest BCUT2D eigenvalue weighted by molar-refractivity contribution is 5.83. The van der Waals surface area contributed by atoms with E-state index in [1.165, 1.54) is 4.90 Å². The third-order valence-corrected chi connectivity index (χ3v) is 4.58. The molecule has 3 rings (SSSR count). The summed E-state index contributed by atoms with van der Waals surface area (Å²) in [4.78, 5) is 25.3. The number of ether oxygens (including phenoxy) is 2. The smallest absolute Gasteiger partial charge is 0.323 e. The molecule has 1 heterocycles. The zero-order chi connectivity index (χ0) is 19.1. The second kappa shape index (κ2) is 9.19. The van der Waals surface area contributed by atoms with Gasteiger partial charge in [-0.25, -0.2) is 0 Å². The minimum Gasteiger partial charge on any atom is -0.483 e. The fraction of sp³-hybridized carbons (Fsp3) is 0.333. The number of para-hydroxylation sites is 1. The van der Waals surface area contributed by atoms with Crippen LogP contribution in [0.1, 0.15) is 12.8 Å². The topological polar surface area (TPSA) is 76.1 Å². The van der Waals surface area contributed by atoms with Crippen molar-refractivity contribution in [2.75, 3.05) is 26.4 Å². The summed E-state index contributed by atoms with van der Waals surface area (Å²) in [7, 11) is 0. The van der Waals surface area contributed by atoms with Crippen molar-refractivity contribution in [1.29, 1.82) is 0 Å². The van der Waals surface area contributed by atoms with E-state index in [9.17, 15) is 14.7 Å². The Morgan fingerprint density at radius 2 is 1.70 bits per heavy atom. The Labute approximate surface area is 158 Å². The molecule has 0 unspecified atom stereocenters. The van der Waals surface area contributed by atoms with Gasteiger partial charge in [-0.05, 0) is 24.5 Å². The summed E-state index contributed by atoms with van der Waals surface area (Å²) in [6, 6.07) is 17.1. The van der Waals surface area contributed by atoms with E-state index < -0.39 is 5.97 Å². The first-order valence-electron chi connectivity index (χ1n) is 9.01. The minimum atomic E-state index is -1.03. The predicted octanol–water partition coefficient (Wildman–Crippen LogP) is 2.82. The Morgan fingerprint density at radius 1 is 1.04 bits per heavy atom. The Balaban J connectivity index is 1.71. The lowest BCUT2D eigenvalue weighted by Gasteiger charge is -2.33. The first-order valence-corrected chi connectivity index (χ1v) is 9.01. The van der Waals surface area contributed by atoms with E-state index >= 15 is 0 Å². The number of carboxylic acid groups (broad SMARTS) is 1. The number of rotatable bonds is 7. The van der Waals surface area contributed by atoms with Gasteiger partial charge in [0.25, 0.3) is 5.91 Å². The van der Waals surface area contributed by atoms with Crippen molar-refractivity contribution in [2.24, 2.45) is 0 Å². The van der Waals surface area contributed by atoms with Crippen molar-refractivity contribution in [1.82, 2.24) is 4.90 Å². The maximum absolute atomic E-state index is 12.7. The number of carbonyl (C=O) groups is 2. The minimum absolute atomic E-state index is 0.129. The highest BCUT2D eigenvalue weighted by Gasteiger charge is 2.28. The van der Waals surface area contributed by atoms with Crippen LogP contribution in [0.25, 0.3) is 11.1 Å². The lowest BCUT2D eigenvalue weighted by molar-refractivity contribution is -0.148. The zero-order valence-electron chi connectivity index (χ0n) is 15.0. The molecule has 1 aliphatic heterocycles. The Morgan fingerprint density at radius 3 is 2.41 bits per heavy atom. The van der Waals surface area contributed by atoms with Crippen molar-refractivity contribution < 1.29 is 24.2 Å². The summed E-state index contributed by atoms with van der Waals surface area (Å²) in [6.45, 7) is 0.541. The van der Waals surface area contributed by atoms with Gasteiger partial charge in [0.2, 0.25) is 0 Å². The van der Waals surface area contributed by atoms with E-state index in [2.05, 4.69) is 0 Å². The Kier molecular flexibility index (Phi) is 6.44. The normalized spacial score (nSPS) is 14.5. The first-order chi connectivity index (χ1) is 13.1. The molecule has 2 aromatic rings. The highest BCUT2D eigenvalue weighted by Crippen LogP contribution is 2.29. The van der Waals surface area contributed by atoms with Crippen LogP contribution in [-0.2, 0) is 14.3 Å². The van der Waals surface area contributed by atoms with Crippen molar-refractivity contribution in [3.8, 4) is 16.9 Å². The van der Waals surface area contributed by atoms with Crippen LogP contribution in [0.4, 0.5) is 0 Å². The van der Waals surface area contributed by atoms with Crippen molar-refractivity contribution in [2.45, 2.75) is 18.9 Å². The monoisotopic (exact) mass is 369 g/mol. The number of nitrogens with zero attached hydrogens (tertiary/aromatic N) is 1. The zero-order valence-corrected chi connectivity index (χ0v) is 15.0. The second-order valence-electron chi connectivity index (χ2n) is 6.41. The molecule has 0 saturated carbocycles. The maximum atomic E-state index is 12.7. The third-order valence-electron chi connectivity index (χ3n) is 4.58. The molecular weight excluding hydrogens is 346 g/mol. The molecule has 1 saturated heterocycles. The summed E-state index contributed by atoms with van der Waals surface area (Å²) in [5.74, 6) is -0.758. The summed E-state index contributed by atoms with van der Waals surface area (Å²) < 4.78 is 11.1. The highest BCUT2D eigenvalue weighted by atomic mass is 16.5. The number of hydrogen-bond acceptors (Lipinski definition) is 4. The van der Waals surface area contributed by atoms with Gasteiger partial charge >= 0.3 is 5.97 Å². The number of hydrogen-bond donors (Lipinski definition) is 1. The molecule has 142 valence electrons. The largest absolute Gasteiger partial charge is 0.483 e. The quantitative estimate of drug-likeness (QED) is 0.812. The molecule has 1 amide bonds. The van der Waals surface area contributed by atoms with E-state index in [0.29, 0.717) is 31.8 Å². The van der Waals surface area contributed by atoms with Crippen LogP contribution in [0.3, 0.4) is 0 Å². The molecule has 6 nitrogen and oxygen atoms in total. The van der Waals surface area contributed by atoms with Gasteiger partial charge in [0, 0.05) is 24.8 Å². The predicted molar refractivity (Wildman–Crippen MR) is 101 cm³/mol. The molecule has 0 aromatic heterocycles. The molecule has 2 aromatic carbocycles. The van der Waals surface area contributed by atoms with Crippen molar-refractivity contribution in [3.05, 3.63) is 54.6 Å². The first kappa shape index (κ1) is 18.9. The molecule has 0 atom stereocenters. The third kappa shape index (κ3) is 5.08. The summed E-state index contributed by atoms with van der Waals surface area (Å²) in [6.07, 6.45) is 1.28. The van der Waals surface area contributed by atoms with Gasteiger partial charge in [-0.3, -0.25) is 9.59 Å². The molecule has 1 N–H and O–H groups in total. The lowest BCUT2D eigenvalue weighted by atomic mass is 10.0. The summed E-state index contributed by atoms with van der Waals surface area (Å²) in [5.41, 5.74) is 1.88. The second-order valence-corrected chi connectivity index (χ2v) is 6.41. The van der Waals surface area contributed by atoms with E-state index in [1.54, 1.807) is 0 Å².